The van der Waals surface area contributed by atoms with Gasteiger partial charge in [0.1, 0.15) is 6.54 Å². The molecule has 1 aliphatic heterocycles. The monoisotopic (exact) mass is 220 g/mol. The average Bonchev–Trinajstić information content (AvgIpc) is 2.57. The molecule has 1 aliphatic rings. The first-order chi connectivity index (χ1) is 7.59. The van der Waals surface area contributed by atoms with E-state index >= 15 is 0 Å². The molecule has 84 valence electrons. The number of rotatable bonds is 2. The molecule has 0 atom stereocenters. The number of para-hydroxylation sites is 2. The lowest BCUT2D eigenvalue weighted by molar-refractivity contribution is -0.135. The van der Waals surface area contributed by atoms with E-state index < -0.39 is 5.97 Å². The lowest BCUT2D eigenvalue weighted by Gasteiger charge is -2.17. The first kappa shape index (κ1) is 10.5. The van der Waals surface area contributed by atoms with E-state index in [1.807, 2.05) is 24.3 Å². The number of carboxylic acids is 1. The standard InChI is InChI=1S/C11H12N2O3/c1-8(14)13-7-12(6-11(15)16)9-4-2-3-5-10(9)13/h2-5H,6-7H2,1H3,(H,15,16). The van der Waals surface area contributed by atoms with Crippen molar-refractivity contribution in [3.63, 3.8) is 0 Å². The van der Waals surface area contributed by atoms with Gasteiger partial charge in [-0.25, -0.2) is 0 Å². The van der Waals surface area contributed by atoms with E-state index in [-0.39, 0.29) is 12.5 Å². The molecule has 0 unspecified atom stereocenters. The van der Waals surface area contributed by atoms with Gasteiger partial charge >= 0.3 is 5.97 Å². The Labute approximate surface area is 92.9 Å². The third kappa shape index (κ3) is 1.71. The third-order valence-corrected chi connectivity index (χ3v) is 2.53. The highest BCUT2D eigenvalue weighted by Gasteiger charge is 2.28. The zero-order valence-electron chi connectivity index (χ0n) is 8.88. The predicted molar refractivity (Wildman–Crippen MR) is 59.5 cm³/mol. The Kier molecular flexibility index (Phi) is 2.52. The second-order valence-corrected chi connectivity index (χ2v) is 3.67. The summed E-state index contributed by atoms with van der Waals surface area (Å²) in [5.74, 6) is -0.986. The molecule has 0 radical (unpaired) electrons. The van der Waals surface area contributed by atoms with Crippen LogP contribution in [0.15, 0.2) is 24.3 Å². The molecule has 2 rings (SSSR count). The fraction of sp³-hybridized carbons (Fsp3) is 0.273. The number of hydrogen-bond donors (Lipinski definition) is 1. The van der Waals surface area contributed by atoms with Gasteiger partial charge in [0.2, 0.25) is 5.91 Å². The van der Waals surface area contributed by atoms with Crippen LogP contribution >= 0.6 is 0 Å². The summed E-state index contributed by atoms with van der Waals surface area (Å²) in [6, 6.07) is 7.30. The average molecular weight is 220 g/mol. The predicted octanol–water partition coefficient (Wildman–Crippen LogP) is 0.902. The number of nitrogens with zero attached hydrogens (tertiary/aromatic N) is 2. The SMILES string of the molecule is CC(=O)N1CN(CC(=O)O)c2ccccc21. The van der Waals surface area contributed by atoms with Gasteiger partial charge in [-0.15, -0.1) is 0 Å². The van der Waals surface area contributed by atoms with Crippen molar-refractivity contribution in [2.24, 2.45) is 0 Å². The second-order valence-electron chi connectivity index (χ2n) is 3.67. The summed E-state index contributed by atoms with van der Waals surface area (Å²) < 4.78 is 0. The summed E-state index contributed by atoms with van der Waals surface area (Å²) in [4.78, 5) is 25.3. The number of carboxylic acid groups (broad SMARTS) is 1. The Morgan fingerprint density at radius 1 is 1.31 bits per heavy atom. The number of anilines is 2. The molecule has 1 aromatic rings. The van der Waals surface area contributed by atoms with Gasteiger partial charge in [-0.3, -0.25) is 14.5 Å². The van der Waals surface area contributed by atoms with Crippen LogP contribution in [-0.2, 0) is 9.59 Å². The molecule has 1 N–H and O–H groups in total. The van der Waals surface area contributed by atoms with Crippen LogP contribution in [0.5, 0.6) is 0 Å². The summed E-state index contributed by atoms with van der Waals surface area (Å²) in [6.07, 6.45) is 0. The minimum atomic E-state index is -0.903. The van der Waals surface area contributed by atoms with Crippen LogP contribution in [0.25, 0.3) is 0 Å². The maximum Gasteiger partial charge on any atom is 0.323 e. The van der Waals surface area contributed by atoms with E-state index in [0.717, 1.165) is 11.4 Å². The lowest BCUT2D eigenvalue weighted by atomic mass is 10.2. The first-order valence-electron chi connectivity index (χ1n) is 4.93. The highest BCUT2D eigenvalue weighted by atomic mass is 16.4. The summed E-state index contributed by atoms with van der Waals surface area (Å²) >= 11 is 0. The fourth-order valence-electron chi connectivity index (χ4n) is 1.85. The fourth-order valence-corrected chi connectivity index (χ4v) is 1.85. The number of hydrogen-bond acceptors (Lipinski definition) is 3. The molecule has 1 heterocycles. The summed E-state index contributed by atoms with van der Waals surface area (Å²) in [5, 5.41) is 8.78. The molecular formula is C11H12N2O3. The van der Waals surface area contributed by atoms with E-state index in [2.05, 4.69) is 0 Å². The summed E-state index contributed by atoms with van der Waals surface area (Å²) in [6.45, 7) is 1.68. The number of benzene rings is 1. The van der Waals surface area contributed by atoms with Crippen molar-refractivity contribution in [2.45, 2.75) is 6.92 Å². The number of aliphatic carboxylic acids is 1. The molecule has 5 heteroatoms. The summed E-state index contributed by atoms with van der Waals surface area (Å²) in [5.41, 5.74) is 1.57. The molecule has 0 saturated carbocycles. The van der Waals surface area contributed by atoms with E-state index in [9.17, 15) is 9.59 Å². The van der Waals surface area contributed by atoms with Crippen molar-refractivity contribution in [3.05, 3.63) is 24.3 Å². The van der Waals surface area contributed by atoms with Crippen LogP contribution in [0, 0.1) is 0 Å². The minimum absolute atomic E-state index is 0.0830. The Morgan fingerprint density at radius 2 is 1.94 bits per heavy atom. The van der Waals surface area contributed by atoms with E-state index in [0.29, 0.717) is 6.67 Å². The Balaban J connectivity index is 2.35. The minimum Gasteiger partial charge on any atom is -0.480 e. The molecule has 5 nitrogen and oxygen atoms in total. The van der Waals surface area contributed by atoms with Crippen LogP contribution < -0.4 is 9.80 Å². The summed E-state index contributed by atoms with van der Waals surface area (Å²) in [7, 11) is 0. The molecule has 0 saturated heterocycles. The third-order valence-electron chi connectivity index (χ3n) is 2.53. The van der Waals surface area contributed by atoms with Crippen LogP contribution in [0.2, 0.25) is 0 Å². The first-order valence-corrected chi connectivity index (χ1v) is 4.93. The molecule has 0 bridgehead atoms. The molecule has 16 heavy (non-hydrogen) atoms. The van der Waals surface area contributed by atoms with Crippen molar-refractivity contribution in [3.8, 4) is 0 Å². The van der Waals surface area contributed by atoms with Crippen LogP contribution in [0.1, 0.15) is 6.92 Å². The Bertz CT molecular complexity index is 445. The maximum absolute atomic E-state index is 11.4. The highest BCUT2D eigenvalue weighted by Crippen LogP contribution is 2.35. The molecule has 1 amide bonds. The largest absolute Gasteiger partial charge is 0.480 e. The van der Waals surface area contributed by atoms with Crippen molar-refractivity contribution in [2.75, 3.05) is 23.0 Å². The molecule has 0 fully saturated rings. The number of fused-ring (bicyclic) bond motifs is 1. The Hall–Kier alpha value is -2.04. The zero-order chi connectivity index (χ0) is 11.7. The van der Waals surface area contributed by atoms with Crippen molar-refractivity contribution >= 4 is 23.3 Å². The molecule has 0 spiro atoms. The smallest absolute Gasteiger partial charge is 0.323 e. The van der Waals surface area contributed by atoms with Crippen molar-refractivity contribution in [1.29, 1.82) is 0 Å². The molecular weight excluding hydrogens is 208 g/mol. The topological polar surface area (TPSA) is 60.9 Å². The maximum atomic E-state index is 11.4. The molecule has 0 aromatic heterocycles. The zero-order valence-corrected chi connectivity index (χ0v) is 8.88. The van der Waals surface area contributed by atoms with Gasteiger partial charge in [-0.05, 0) is 12.1 Å². The van der Waals surface area contributed by atoms with Crippen LogP contribution in [0.4, 0.5) is 11.4 Å². The number of carbonyl (C=O) groups is 2. The molecule has 1 aromatic carbocycles. The van der Waals surface area contributed by atoms with Gasteiger partial charge in [0.15, 0.2) is 0 Å². The number of amides is 1. The Morgan fingerprint density at radius 3 is 2.50 bits per heavy atom. The van der Waals surface area contributed by atoms with Gasteiger partial charge in [-0.1, -0.05) is 12.1 Å². The van der Waals surface area contributed by atoms with Crippen molar-refractivity contribution < 1.29 is 14.7 Å². The quantitative estimate of drug-likeness (QED) is 0.804. The number of carbonyl (C=O) groups excluding carboxylic acids is 1. The highest BCUT2D eigenvalue weighted by molar-refractivity contribution is 5.99. The lowest BCUT2D eigenvalue weighted by Crippen LogP contribution is -2.36. The van der Waals surface area contributed by atoms with Gasteiger partial charge in [0.05, 0.1) is 18.0 Å². The van der Waals surface area contributed by atoms with Gasteiger partial charge in [0, 0.05) is 6.92 Å². The van der Waals surface area contributed by atoms with Gasteiger partial charge in [0.25, 0.3) is 0 Å². The van der Waals surface area contributed by atoms with E-state index in [1.165, 1.54) is 6.92 Å². The van der Waals surface area contributed by atoms with Crippen molar-refractivity contribution in [1.82, 2.24) is 0 Å². The van der Waals surface area contributed by atoms with Crippen LogP contribution in [0.3, 0.4) is 0 Å². The normalized spacial score (nSPS) is 13.8. The van der Waals surface area contributed by atoms with Gasteiger partial charge < -0.3 is 10.0 Å². The molecule has 0 aliphatic carbocycles. The van der Waals surface area contributed by atoms with E-state index in [4.69, 9.17) is 5.11 Å². The van der Waals surface area contributed by atoms with Gasteiger partial charge in [-0.2, -0.15) is 0 Å². The van der Waals surface area contributed by atoms with Crippen LogP contribution in [-0.4, -0.2) is 30.2 Å². The second kappa shape index (κ2) is 3.84. The van der Waals surface area contributed by atoms with E-state index in [1.54, 1.807) is 9.80 Å².